The molecule has 0 unspecified atom stereocenters. The molecular formula is C17H20F3N3O. The van der Waals surface area contributed by atoms with Crippen LogP contribution in [0.4, 0.5) is 13.2 Å². The lowest BCUT2D eigenvalue weighted by Crippen LogP contribution is -2.43. The SMILES string of the molecule is CN(Cc1nc2ccccc2[nH]1)C(=O)[C@@H]1CCCC[C@H]1C(F)(F)F. The van der Waals surface area contributed by atoms with E-state index >= 15 is 0 Å². The molecule has 7 heteroatoms. The molecule has 1 aromatic carbocycles. The van der Waals surface area contributed by atoms with Crippen molar-refractivity contribution in [1.82, 2.24) is 14.9 Å². The Labute approximate surface area is 138 Å². The number of imidazole rings is 1. The van der Waals surface area contributed by atoms with Gasteiger partial charge in [-0.25, -0.2) is 4.98 Å². The fraction of sp³-hybridized carbons (Fsp3) is 0.529. The zero-order valence-corrected chi connectivity index (χ0v) is 13.4. The number of rotatable bonds is 3. The molecule has 2 atom stereocenters. The molecule has 2 aromatic rings. The van der Waals surface area contributed by atoms with Crippen LogP contribution in [0.5, 0.6) is 0 Å². The number of carbonyl (C=O) groups is 1. The molecule has 1 saturated carbocycles. The standard InChI is InChI=1S/C17H20F3N3O/c1-23(10-15-21-13-8-4-5-9-14(13)22-15)16(24)11-6-2-3-7-12(11)17(18,19)20/h4-5,8-9,11-12H,2-3,6-7,10H2,1H3,(H,21,22)/t11-,12-/m1/s1. The third-order valence-corrected chi connectivity index (χ3v) is 4.71. The van der Waals surface area contributed by atoms with Gasteiger partial charge in [0.05, 0.1) is 23.5 Å². The predicted octanol–water partition coefficient (Wildman–Crippen LogP) is 3.89. The van der Waals surface area contributed by atoms with Crippen LogP contribution in [-0.4, -0.2) is 34.0 Å². The second-order valence-corrected chi connectivity index (χ2v) is 6.43. The summed E-state index contributed by atoms with van der Waals surface area (Å²) in [6, 6.07) is 7.44. The quantitative estimate of drug-likeness (QED) is 0.922. The molecule has 0 radical (unpaired) electrons. The molecule has 130 valence electrons. The van der Waals surface area contributed by atoms with Crippen molar-refractivity contribution < 1.29 is 18.0 Å². The molecule has 0 spiro atoms. The van der Waals surface area contributed by atoms with Gasteiger partial charge in [0.1, 0.15) is 5.82 Å². The van der Waals surface area contributed by atoms with Crippen molar-refractivity contribution in [3.05, 3.63) is 30.1 Å². The smallest absolute Gasteiger partial charge is 0.340 e. The molecule has 1 N–H and O–H groups in total. The van der Waals surface area contributed by atoms with Crippen LogP contribution in [0.1, 0.15) is 31.5 Å². The Morgan fingerprint density at radius 3 is 2.71 bits per heavy atom. The van der Waals surface area contributed by atoms with Gasteiger partial charge in [-0.05, 0) is 25.0 Å². The molecule has 1 amide bonds. The number of hydrogen-bond donors (Lipinski definition) is 1. The van der Waals surface area contributed by atoms with Crippen LogP contribution in [0.25, 0.3) is 11.0 Å². The lowest BCUT2D eigenvalue weighted by molar-refractivity contribution is -0.200. The Hall–Kier alpha value is -2.05. The first kappa shape index (κ1) is 16.8. The summed E-state index contributed by atoms with van der Waals surface area (Å²) in [5.74, 6) is -2.38. The largest absolute Gasteiger partial charge is 0.392 e. The van der Waals surface area contributed by atoms with Crippen LogP contribution in [0.3, 0.4) is 0 Å². The van der Waals surface area contributed by atoms with Crippen LogP contribution in [0, 0.1) is 11.8 Å². The molecule has 0 bridgehead atoms. The minimum Gasteiger partial charge on any atom is -0.340 e. The van der Waals surface area contributed by atoms with Gasteiger partial charge in [0, 0.05) is 13.0 Å². The summed E-state index contributed by atoms with van der Waals surface area (Å²) in [5.41, 5.74) is 1.62. The molecule has 1 fully saturated rings. The van der Waals surface area contributed by atoms with Gasteiger partial charge in [0.15, 0.2) is 0 Å². The van der Waals surface area contributed by atoms with E-state index in [9.17, 15) is 18.0 Å². The van der Waals surface area contributed by atoms with E-state index < -0.39 is 23.9 Å². The predicted molar refractivity (Wildman–Crippen MR) is 84.1 cm³/mol. The van der Waals surface area contributed by atoms with Crippen LogP contribution in [0.15, 0.2) is 24.3 Å². The van der Waals surface area contributed by atoms with E-state index in [1.807, 2.05) is 24.3 Å². The molecular weight excluding hydrogens is 319 g/mol. The lowest BCUT2D eigenvalue weighted by atomic mass is 9.78. The van der Waals surface area contributed by atoms with E-state index in [1.165, 1.54) is 11.9 Å². The van der Waals surface area contributed by atoms with Crippen LogP contribution < -0.4 is 0 Å². The first-order chi connectivity index (χ1) is 11.4. The molecule has 0 aliphatic heterocycles. The van der Waals surface area contributed by atoms with E-state index in [2.05, 4.69) is 9.97 Å². The van der Waals surface area contributed by atoms with Gasteiger partial charge >= 0.3 is 6.18 Å². The number of alkyl halides is 3. The van der Waals surface area contributed by atoms with Gasteiger partial charge in [0.25, 0.3) is 0 Å². The molecule has 1 aromatic heterocycles. The highest BCUT2D eigenvalue weighted by Crippen LogP contribution is 2.42. The molecule has 3 rings (SSSR count). The number of hydrogen-bond acceptors (Lipinski definition) is 2. The highest BCUT2D eigenvalue weighted by Gasteiger charge is 2.48. The Kier molecular flexibility index (Phi) is 4.51. The summed E-state index contributed by atoms with van der Waals surface area (Å²) in [5, 5.41) is 0. The van der Waals surface area contributed by atoms with Gasteiger partial charge in [-0.2, -0.15) is 13.2 Å². The number of carbonyl (C=O) groups excluding carboxylic acids is 1. The summed E-state index contributed by atoms with van der Waals surface area (Å²) < 4.78 is 39.6. The fourth-order valence-electron chi connectivity index (χ4n) is 3.48. The monoisotopic (exact) mass is 339 g/mol. The lowest BCUT2D eigenvalue weighted by Gasteiger charge is -2.34. The van der Waals surface area contributed by atoms with Gasteiger partial charge in [-0.3, -0.25) is 4.79 Å². The number of para-hydroxylation sites is 2. The van der Waals surface area contributed by atoms with Gasteiger partial charge in [-0.1, -0.05) is 25.0 Å². The summed E-state index contributed by atoms with van der Waals surface area (Å²) in [4.78, 5) is 21.4. The zero-order chi connectivity index (χ0) is 17.3. The van der Waals surface area contributed by atoms with Crippen molar-refractivity contribution in [2.45, 2.75) is 38.4 Å². The number of benzene rings is 1. The third kappa shape index (κ3) is 3.39. The molecule has 24 heavy (non-hydrogen) atoms. The summed E-state index contributed by atoms with van der Waals surface area (Å²) in [6.07, 6.45) is -2.78. The molecule has 1 aliphatic carbocycles. The maximum absolute atomic E-state index is 13.2. The number of halogens is 3. The van der Waals surface area contributed by atoms with E-state index in [1.54, 1.807) is 0 Å². The van der Waals surface area contributed by atoms with Crippen molar-refractivity contribution in [3.63, 3.8) is 0 Å². The molecule has 0 saturated heterocycles. The van der Waals surface area contributed by atoms with Gasteiger partial charge in [0.2, 0.25) is 5.91 Å². The Morgan fingerprint density at radius 1 is 1.29 bits per heavy atom. The number of aromatic nitrogens is 2. The van der Waals surface area contributed by atoms with Crippen molar-refractivity contribution >= 4 is 16.9 Å². The van der Waals surface area contributed by atoms with E-state index in [0.717, 1.165) is 11.0 Å². The number of nitrogens with one attached hydrogen (secondary N) is 1. The first-order valence-electron chi connectivity index (χ1n) is 8.11. The first-order valence-corrected chi connectivity index (χ1v) is 8.11. The maximum atomic E-state index is 13.2. The summed E-state index contributed by atoms with van der Waals surface area (Å²) in [7, 11) is 1.54. The van der Waals surface area contributed by atoms with Crippen LogP contribution in [0.2, 0.25) is 0 Å². The Morgan fingerprint density at radius 2 is 2.00 bits per heavy atom. The van der Waals surface area contributed by atoms with E-state index in [4.69, 9.17) is 0 Å². The molecule has 1 aliphatic rings. The fourth-order valence-corrected chi connectivity index (χ4v) is 3.48. The molecule has 4 nitrogen and oxygen atoms in total. The van der Waals surface area contributed by atoms with Gasteiger partial charge < -0.3 is 9.88 Å². The normalized spacial score (nSPS) is 21.8. The van der Waals surface area contributed by atoms with E-state index in [0.29, 0.717) is 25.1 Å². The van der Waals surface area contributed by atoms with Crippen LogP contribution >= 0.6 is 0 Å². The van der Waals surface area contributed by atoms with E-state index in [-0.39, 0.29) is 13.0 Å². The Balaban J connectivity index is 1.73. The number of nitrogens with zero attached hydrogens (tertiary/aromatic N) is 2. The third-order valence-electron chi connectivity index (χ3n) is 4.71. The van der Waals surface area contributed by atoms with Crippen molar-refractivity contribution in [2.75, 3.05) is 7.05 Å². The topological polar surface area (TPSA) is 49.0 Å². The summed E-state index contributed by atoms with van der Waals surface area (Å²) in [6.45, 7) is 0.175. The van der Waals surface area contributed by atoms with Gasteiger partial charge in [-0.15, -0.1) is 0 Å². The number of fused-ring (bicyclic) bond motifs is 1. The van der Waals surface area contributed by atoms with Crippen molar-refractivity contribution in [3.8, 4) is 0 Å². The van der Waals surface area contributed by atoms with Crippen LogP contribution in [-0.2, 0) is 11.3 Å². The second-order valence-electron chi connectivity index (χ2n) is 6.43. The highest BCUT2D eigenvalue weighted by atomic mass is 19.4. The average molecular weight is 339 g/mol. The highest BCUT2D eigenvalue weighted by molar-refractivity contribution is 5.79. The number of amides is 1. The number of aromatic amines is 1. The Bertz CT molecular complexity index is 692. The van der Waals surface area contributed by atoms with Crippen molar-refractivity contribution in [1.29, 1.82) is 0 Å². The van der Waals surface area contributed by atoms with Crippen molar-refractivity contribution in [2.24, 2.45) is 11.8 Å². The second kappa shape index (κ2) is 6.45. The zero-order valence-electron chi connectivity index (χ0n) is 13.4. The molecule has 1 heterocycles. The minimum atomic E-state index is -4.32. The number of H-pyrrole nitrogens is 1. The summed E-state index contributed by atoms with van der Waals surface area (Å²) >= 11 is 0. The average Bonchev–Trinajstić information content (AvgIpc) is 2.95. The minimum absolute atomic E-state index is 0.0401. The maximum Gasteiger partial charge on any atom is 0.392 e.